The third-order valence-corrected chi connectivity index (χ3v) is 4.26. The molecule has 0 spiro atoms. The molecule has 0 aromatic heterocycles. The van der Waals surface area contributed by atoms with Crippen LogP contribution in [0.1, 0.15) is 18.4 Å². The zero-order chi connectivity index (χ0) is 18.5. The van der Waals surface area contributed by atoms with E-state index in [0.717, 1.165) is 38.0 Å². The van der Waals surface area contributed by atoms with Gasteiger partial charge < -0.3 is 29.5 Å². The SMILES string of the molecule is O=C(NCCOCCN1CCC(OCCO)CC1)OCc1ccccc1. The minimum atomic E-state index is -0.428. The number of aliphatic hydroxyl groups is 1. The molecule has 1 aliphatic rings. The number of rotatable bonds is 11. The molecule has 1 fully saturated rings. The van der Waals surface area contributed by atoms with Crippen LogP contribution in [-0.2, 0) is 20.8 Å². The number of nitrogens with zero attached hydrogens (tertiary/aromatic N) is 1. The maximum atomic E-state index is 11.6. The molecule has 2 N–H and O–H groups in total. The van der Waals surface area contributed by atoms with E-state index < -0.39 is 6.09 Å². The Morgan fingerprint density at radius 2 is 1.92 bits per heavy atom. The second-order valence-electron chi connectivity index (χ2n) is 6.24. The fourth-order valence-electron chi connectivity index (χ4n) is 2.81. The molecule has 146 valence electrons. The summed E-state index contributed by atoms with van der Waals surface area (Å²) < 4.78 is 16.2. The lowest BCUT2D eigenvalue weighted by Gasteiger charge is -2.31. The van der Waals surface area contributed by atoms with Crippen molar-refractivity contribution in [1.29, 1.82) is 0 Å². The van der Waals surface area contributed by atoms with Crippen molar-refractivity contribution in [2.75, 3.05) is 52.6 Å². The number of benzene rings is 1. The van der Waals surface area contributed by atoms with Crippen LogP contribution in [0.25, 0.3) is 0 Å². The van der Waals surface area contributed by atoms with E-state index in [9.17, 15) is 4.79 Å². The Kier molecular flexibility index (Phi) is 10.0. The Labute approximate surface area is 155 Å². The average molecular weight is 366 g/mol. The second-order valence-corrected chi connectivity index (χ2v) is 6.24. The maximum Gasteiger partial charge on any atom is 0.407 e. The zero-order valence-electron chi connectivity index (χ0n) is 15.3. The van der Waals surface area contributed by atoms with Crippen molar-refractivity contribution < 1.29 is 24.1 Å². The van der Waals surface area contributed by atoms with Crippen molar-refractivity contribution in [3.8, 4) is 0 Å². The van der Waals surface area contributed by atoms with Crippen molar-refractivity contribution in [1.82, 2.24) is 10.2 Å². The van der Waals surface area contributed by atoms with Gasteiger partial charge in [0.05, 0.1) is 32.5 Å². The fraction of sp³-hybridized carbons (Fsp3) is 0.632. The van der Waals surface area contributed by atoms with E-state index in [1.54, 1.807) is 0 Å². The first-order valence-corrected chi connectivity index (χ1v) is 9.25. The molecule has 2 rings (SSSR count). The van der Waals surface area contributed by atoms with Gasteiger partial charge in [-0.2, -0.15) is 0 Å². The first-order valence-electron chi connectivity index (χ1n) is 9.25. The highest BCUT2D eigenvalue weighted by molar-refractivity contribution is 5.67. The van der Waals surface area contributed by atoms with E-state index in [4.69, 9.17) is 19.3 Å². The van der Waals surface area contributed by atoms with Gasteiger partial charge in [-0.3, -0.25) is 0 Å². The van der Waals surface area contributed by atoms with Crippen LogP contribution in [0, 0.1) is 0 Å². The fourth-order valence-corrected chi connectivity index (χ4v) is 2.81. The summed E-state index contributed by atoms with van der Waals surface area (Å²) in [5, 5.41) is 11.4. The molecule has 1 amide bonds. The van der Waals surface area contributed by atoms with E-state index in [2.05, 4.69) is 10.2 Å². The van der Waals surface area contributed by atoms with Gasteiger partial charge in [-0.15, -0.1) is 0 Å². The minimum Gasteiger partial charge on any atom is -0.445 e. The molecule has 0 radical (unpaired) electrons. The molecule has 0 bridgehead atoms. The number of hydrogen-bond donors (Lipinski definition) is 2. The molecule has 1 heterocycles. The van der Waals surface area contributed by atoms with Crippen LogP contribution >= 0.6 is 0 Å². The van der Waals surface area contributed by atoms with Crippen LogP contribution in [0.3, 0.4) is 0 Å². The number of aliphatic hydroxyl groups excluding tert-OH is 1. The number of nitrogens with one attached hydrogen (secondary N) is 1. The number of carbonyl (C=O) groups is 1. The summed E-state index contributed by atoms with van der Waals surface area (Å²) in [6.07, 6.45) is 1.83. The maximum absolute atomic E-state index is 11.6. The highest BCUT2D eigenvalue weighted by atomic mass is 16.5. The summed E-state index contributed by atoms with van der Waals surface area (Å²) in [4.78, 5) is 13.9. The Bertz CT molecular complexity index is 492. The molecule has 0 atom stereocenters. The van der Waals surface area contributed by atoms with Gasteiger partial charge in [0.1, 0.15) is 6.61 Å². The monoisotopic (exact) mass is 366 g/mol. The van der Waals surface area contributed by atoms with Crippen molar-refractivity contribution in [3.63, 3.8) is 0 Å². The number of piperidine rings is 1. The predicted octanol–water partition coefficient (Wildman–Crippen LogP) is 1.40. The van der Waals surface area contributed by atoms with Gasteiger partial charge in [0, 0.05) is 26.2 Å². The molecule has 7 nitrogen and oxygen atoms in total. The topological polar surface area (TPSA) is 80.3 Å². The van der Waals surface area contributed by atoms with E-state index >= 15 is 0 Å². The van der Waals surface area contributed by atoms with E-state index in [-0.39, 0.29) is 19.3 Å². The molecule has 0 aliphatic carbocycles. The van der Waals surface area contributed by atoms with Gasteiger partial charge in [-0.25, -0.2) is 4.79 Å². The van der Waals surface area contributed by atoms with Crippen LogP contribution in [0.5, 0.6) is 0 Å². The number of hydrogen-bond acceptors (Lipinski definition) is 6. The number of alkyl carbamates (subject to hydrolysis) is 1. The van der Waals surface area contributed by atoms with Crippen molar-refractivity contribution in [3.05, 3.63) is 35.9 Å². The number of likely N-dealkylation sites (tertiary alicyclic amines) is 1. The first-order chi connectivity index (χ1) is 12.8. The number of amides is 1. The van der Waals surface area contributed by atoms with Crippen LogP contribution in [0.2, 0.25) is 0 Å². The Morgan fingerprint density at radius 3 is 2.65 bits per heavy atom. The molecule has 0 saturated carbocycles. The molecule has 1 aromatic rings. The van der Waals surface area contributed by atoms with Crippen molar-refractivity contribution in [2.24, 2.45) is 0 Å². The Morgan fingerprint density at radius 1 is 1.15 bits per heavy atom. The molecule has 1 saturated heterocycles. The van der Waals surface area contributed by atoms with Crippen molar-refractivity contribution >= 4 is 6.09 Å². The molecule has 1 aromatic carbocycles. The molecule has 7 heteroatoms. The summed E-state index contributed by atoms with van der Waals surface area (Å²) in [5.41, 5.74) is 0.962. The molecule has 26 heavy (non-hydrogen) atoms. The summed E-state index contributed by atoms with van der Waals surface area (Å²) >= 11 is 0. The lowest BCUT2D eigenvalue weighted by Crippen LogP contribution is -2.39. The largest absolute Gasteiger partial charge is 0.445 e. The lowest BCUT2D eigenvalue weighted by molar-refractivity contribution is -0.0122. The third kappa shape index (κ3) is 8.62. The summed E-state index contributed by atoms with van der Waals surface area (Å²) in [5.74, 6) is 0. The van der Waals surface area contributed by atoms with Crippen LogP contribution < -0.4 is 5.32 Å². The minimum absolute atomic E-state index is 0.0852. The predicted molar refractivity (Wildman–Crippen MR) is 97.9 cm³/mol. The molecule has 1 aliphatic heterocycles. The van der Waals surface area contributed by atoms with E-state index in [1.165, 1.54) is 0 Å². The van der Waals surface area contributed by atoms with Gasteiger partial charge in [0.25, 0.3) is 0 Å². The van der Waals surface area contributed by atoms with Gasteiger partial charge in [-0.05, 0) is 18.4 Å². The van der Waals surface area contributed by atoms with Gasteiger partial charge >= 0.3 is 6.09 Å². The highest BCUT2D eigenvalue weighted by Crippen LogP contribution is 2.13. The Hall–Kier alpha value is -1.67. The Balaban J connectivity index is 1.42. The van der Waals surface area contributed by atoms with Crippen LogP contribution in [-0.4, -0.2) is 74.8 Å². The van der Waals surface area contributed by atoms with Crippen LogP contribution in [0.4, 0.5) is 4.79 Å². The van der Waals surface area contributed by atoms with Crippen molar-refractivity contribution in [2.45, 2.75) is 25.6 Å². The first kappa shape index (κ1) is 20.6. The van der Waals surface area contributed by atoms with Gasteiger partial charge in [0.15, 0.2) is 0 Å². The average Bonchev–Trinajstić information content (AvgIpc) is 2.69. The van der Waals surface area contributed by atoms with E-state index in [1.807, 2.05) is 30.3 Å². The highest BCUT2D eigenvalue weighted by Gasteiger charge is 2.18. The smallest absolute Gasteiger partial charge is 0.407 e. The van der Waals surface area contributed by atoms with E-state index in [0.29, 0.717) is 26.4 Å². The van der Waals surface area contributed by atoms with Gasteiger partial charge in [0.2, 0.25) is 0 Å². The van der Waals surface area contributed by atoms with Crippen LogP contribution in [0.15, 0.2) is 30.3 Å². The summed E-state index contributed by atoms with van der Waals surface area (Å²) in [6, 6.07) is 9.58. The molecule has 0 unspecified atom stereocenters. The normalized spacial score (nSPS) is 15.7. The molecular weight excluding hydrogens is 336 g/mol. The number of carbonyl (C=O) groups excluding carboxylic acids is 1. The second kappa shape index (κ2) is 12.6. The lowest BCUT2D eigenvalue weighted by atomic mass is 10.1. The summed E-state index contributed by atoms with van der Waals surface area (Å²) in [7, 11) is 0. The quantitative estimate of drug-likeness (QED) is 0.577. The van der Waals surface area contributed by atoms with Gasteiger partial charge in [-0.1, -0.05) is 30.3 Å². The third-order valence-electron chi connectivity index (χ3n) is 4.26. The zero-order valence-corrected chi connectivity index (χ0v) is 15.3. The standard InChI is InChI=1S/C19H30N2O5/c22-12-15-25-18-6-9-21(10-7-18)11-14-24-13-8-20-19(23)26-16-17-4-2-1-3-5-17/h1-5,18,22H,6-16H2,(H,20,23). The number of ether oxygens (including phenoxy) is 3. The molecular formula is C19H30N2O5. The summed E-state index contributed by atoms with van der Waals surface area (Å²) in [6.45, 7) is 5.18.